The van der Waals surface area contributed by atoms with E-state index in [2.05, 4.69) is 6.58 Å². The molecule has 0 spiro atoms. The van der Waals surface area contributed by atoms with E-state index >= 15 is 0 Å². The number of allylic oxidation sites excluding steroid dienone is 1. The molecule has 0 saturated carbocycles. The molecule has 0 fully saturated rings. The van der Waals surface area contributed by atoms with Gasteiger partial charge in [-0.05, 0) is 37.0 Å². The SMILES string of the molecule is C=CCn1c(SCC(=O)c2cc3ccccc3o2)nc2sc3c(c2c1=O)CCC3. The first kappa shape index (κ1) is 18.4. The molecule has 0 atom stereocenters. The molecule has 1 aliphatic rings. The average molecular weight is 423 g/mol. The lowest BCUT2D eigenvalue weighted by molar-refractivity contribution is 0.0994. The van der Waals surface area contributed by atoms with Crippen LogP contribution in [0.3, 0.4) is 0 Å². The molecule has 7 heteroatoms. The Kier molecular flexibility index (Phi) is 4.64. The number of thiophene rings is 1. The van der Waals surface area contributed by atoms with Crippen LogP contribution in [0.2, 0.25) is 0 Å². The molecule has 0 saturated heterocycles. The maximum Gasteiger partial charge on any atom is 0.263 e. The molecular weight excluding hydrogens is 404 g/mol. The predicted octanol–water partition coefficient (Wildman–Crippen LogP) is 4.85. The van der Waals surface area contributed by atoms with Crippen molar-refractivity contribution in [3.8, 4) is 0 Å². The van der Waals surface area contributed by atoms with Crippen LogP contribution in [-0.4, -0.2) is 21.1 Å². The third kappa shape index (κ3) is 3.14. The second kappa shape index (κ2) is 7.31. The number of aryl methyl sites for hydroxylation is 2. The molecule has 3 aromatic heterocycles. The number of carbonyl (C=O) groups excluding carboxylic acids is 1. The largest absolute Gasteiger partial charge is 0.453 e. The number of ketones is 1. The molecule has 5 rings (SSSR count). The fourth-order valence-electron chi connectivity index (χ4n) is 3.78. The molecule has 1 aromatic carbocycles. The second-order valence-corrected chi connectivity index (χ2v) is 9.02. The van der Waals surface area contributed by atoms with E-state index in [0.717, 1.165) is 40.4 Å². The van der Waals surface area contributed by atoms with Crippen molar-refractivity contribution >= 4 is 50.1 Å². The normalized spacial score (nSPS) is 13.2. The van der Waals surface area contributed by atoms with Crippen molar-refractivity contribution in [1.82, 2.24) is 9.55 Å². The maximum atomic E-state index is 13.2. The lowest BCUT2D eigenvalue weighted by atomic mass is 10.2. The summed E-state index contributed by atoms with van der Waals surface area (Å²) in [5, 5.41) is 2.20. The number of rotatable bonds is 6. The number of fused-ring (bicyclic) bond motifs is 4. The molecule has 0 aliphatic heterocycles. The van der Waals surface area contributed by atoms with Gasteiger partial charge in [-0.15, -0.1) is 17.9 Å². The summed E-state index contributed by atoms with van der Waals surface area (Å²) in [4.78, 5) is 32.6. The highest BCUT2D eigenvalue weighted by atomic mass is 32.2. The molecule has 0 bridgehead atoms. The number of nitrogens with zero attached hydrogens (tertiary/aromatic N) is 2. The van der Waals surface area contributed by atoms with Gasteiger partial charge >= 0.3 is 0 Å². The van der Waals surface area contributed by atoms with Crippen LogP contribution in [0.1, 0.15) is 27.4 Å². The van der Waals surface area contributed by atoms with Crippen LogP contribution < -0.4 is 5.56 Å². The van der Waals surface area contributed by atoms with Gasteiger partial charge in [0.05, 0.1) is 11.1 Å². The van der Waals surface area contributed by atoms with Gasteiger partial charge in [-0.25, -0.2) is 4.98 Å². The van der Waals surface area contributed by atoms with Crippen LogP contribution in [0.15, 0.2) is 57.4 Å². The average Bonchev–Trinajstić information content (AvgIpc) is 3.42. The number of para-hydroxylation sites is 1. The van der Waals surface area contributed by atoms with Crippen LogP contribution in [0.4, 0.5) is 0 Å². The zero-order chi connectivity index (χ0) is 20.0. The van der Waals surface area contributed by atoms with Gasteiger partial charge in [0.1, 0.15) is 10.4 Å². The standard InChI is InChI=1S/C22H18N2O3S2/c1-2-10-24-21(26)19-14-7-5-9-18(14)29-20(19)23-22(24)28-12-15(25)17-11-13-6-3-4-8-16(13)27-17/h2-4,6,8,11H,1,5,7,9-10,12H2. The molecule has 5 nitrogen and oxygen atoms in total. The van der Waals surface area contributed by atoms with Gasteiger partial charge in [0.2, 0.25) is 5.78 Å². The van der Waals surface area contributed by atoms with E-state index in [0.29, 0.717) is 23.0 Å². The lowest BCUT2D eigenvalue weighted by Gasteiger charge is -2.10. The second-order valence-electron chi connectivity index (χ2n) is 7.00. The van der Waals surface area contributed by atoms with Gasteiger partial charge in [-0.1, -0.05) is 36.0 Å². The number of thioether (sulfide) groups is 1. The van der Waals surface area contributed by atoms with E-state index in [1.165, 1.54) is 16.6 Å². The van der Waals surface area contributed by atoms with Crippen LogP contribution >= 0.6 is 23.1 Å². The summed E-state index contributed by atoms with van der Waals surface area (Å²) >= 11 is 2.88. The van der Waals surface area contributed by atoms with Crippen molar-refractivity contribution in [2.24, 2.45) is 0 Å². The first-order valence-electron chi connectivity index (χ1n) is 9.46. The molecule has 0 radical (unpaired) electrons. The molecule has 29 heavy (non-hydrogen) atoms. The zero-order valence-corrected chi connectivity index (χ0v) is 17.3. The lowest BCUT2D eigenvalue weighted by Crippen LogP contribution is -2.23. The summed E-state index contributed by atoms with van der Waals surface area (Å²) < 4.78 is 7.29. The fourth-order valence-corrected chi connectivity index (χ4v) is 5.96. The van der Waals surface area contributed by atoms with E-state index in [1.807, 2.05) is 24.3 Å². The summed E-state index contributed by atoms with van der Waals surface area (Å²) in [5.74, 6) is 0.354. The molecule has 0 amide bonds. The highest BCUT2D eigenvalue weighted by molar-refractivity contribution is 7.99. The van der Waals surface area contributed by atoms with Gasteiger partial charge in [0.15, 0.2) is 10.9 Å². The summed E-state index contributed by atoms with van der Waals surface area (Å²) in [6, 6.07) is 9.30. The van der Waals surface area contributed by atoms with Gasteiger partial charge in [0.25, 0.3) is 5.56 Å². The molecule has 0 N–H and O–H groups in total. The molecule has 0 unspecified atom stereocenters. The van der Waals surface area contributed by atoms with E-state index < -0.39 is 0 Å². The van der Waals surface area contributed by atoms with Crippen LogP contribution in [-0.2, 0) is 19.4 Å². The summed E-state index contributed by atoms with van der Waals surface area (Å²) in [7, 11) is 0. The van der Waals surface area contributed by atoms with Crippen molar-refractivity contribution in [3.63, 3.8) is 0 Å². The fraction of sp³-hybridized carbons (Fsp3) is 0.227. The predicted molar refractivity (Wildman–Crippen MR) is 117 cm³/mol. The van der Waals surface area contributed by atoms with Gasteiger partial charge < -0.3 is 4.42 Å². The summed E-state index contributed by atoms with van der Waals surface area (Å²) in [6.07, 6.45) is 4.74. The van der Waals surface area contributed by atoms with Gasteiger partial charge in [-0.3, -0.25) is 14.2 Å². The topological polar surface area (TPSA) is 65.1 Å². The monoisotopic (exact) mass is 422 g/mol. The van der Waals surface area contributed by atoms with Crippen LogP contribution in [0.5, 0.6) is 0 Å². The Hall–Kier alpha value is -2.64. The number of hydrogen-bond acceptors (Lipinski definition) is 6. The van der Waals surface area contributed by atoms with Crippen molar-refractivity contribution in [2.75, 3.05) is 5.75 Å². The number of aromatic nitrogens is 2. The first-order valence-corrected chi connectivity index (χ1v) is 11.3. The van der Waals surface area contributed by atoms with Crippen molar-refractivity contribution in [1.29, 1.82) is 0 Å². The molecule has 3 heterocycles. The first-order chi connectivity index (χ1) is 14.2. The number of furan rings is 1. The van der Waals surface area contributed by atoms with E-state index in [9.17, 15) is 9.59 Å². The highest BCUT2D eigenvalue weighted by Crippen LogP contribution is 2.35. The van der Waals surface area contributed by atoms with Crippen LogP contribution in [0.25, 0.3) is 21.2 Å². The van der Waals surface area contributed by atoms with E-state index in [1.54, 1.807) is 28.0 Å². The molecular formula is C22H18N2O3S2. The Morgan fingerprint density at radius 1 is 1.34 bits per heavy atom. The number of hydrogen-bond donors (Lipinski definition) is 0. The van der Waals surface area contributed by atoms with Crippen molar-refractivity contribution in [2.45, 2.75) is 31.0 Å². The van der Waals surface area contributed by atoms with Gasteiger partial charge in [0, 0.05) is 16.8 Å². The smallest absolute Gasteiger partial charge is 0.263 e. The summed E-state index contributed by atoms with van der Waals surface area (Å²) in [5.41, 5.74) is 1.82. The Morgan fingerprint density at radius 3 is 3.03 bits per heavy atom. The number of carbonyl (C=O) groups is 1. The zero-order valence-electron chi connectivity index (χ0n) is 15.6. The van der Waals surface area contributed by atoms with E-state index in [4.69, 9.17) is 9.40 Å². The third-order valence-corrected chi connectivity index (χ3v) is 7.30. The number of Topliss-reactive ketones (excluding diaryl/α,β-unsaturated/α-hetero) is 1. The van der Waals surface area contributed by atoms with Gasteiger partial charge in [-0.2, -0.15) is 0 Å². The Labute approximate surface area is 175 Å². The van der Waals surface area contributed by atoms with Crippen molar-refractivity contribution < 1.29 is 9.21 Å². The summed E-state index contributed by atoms with van der Waals surface area (Å²) in [6.45, 7) is 4.14. The maximum absolute atomic E-state index is 13.2. The van der Waals surface area contributed by atoms with Crippen molar-refractivity contribution in [3.05, 3.63) is 69.5 Å². The number of benzene rings is 1. The Balaban J connectivity index is 1.47. The Bertz CT molecular complexity index is 1300. The highest BCUT2D eigenvalue weighted by Gasteiger charge is 2.23. The minimum Gasteiger partial charge on any atom is -0.453 e. The quantitative estimate of drug-likeness (QED) is 0.192. The molecule has 146 valence electrons. The molecule has 4 aromatic rings. The Morgan fingerprint density at radius 2 is 2.21 bits per heavy atom. The molecule has 1 aliphatic carbocycles. The van der Waals surface area contributed by atoms with Crippen LogP contribution in [0, 0.1) is 0 Å². The minimum atomic E-state index is -0.126. The van der Waals surface area contributed by atoms with E-state index in [-0.39, 0.29) is 17.1 Å². The minimum absolute atomic E-state index is 0.0343. The third-order valence-electron chi connectivity index (χ3n) is 5.13.